The summed E-state index contributed by atoms with van der Waals surface area (Å²) < 4.78 is 23.3. The fraction of sp³-hybridized carbons (Fsp3) is 0.263. The fourth-order valence-corrected chi connectivity index (χ4v) is 3.55. The predicted molar refractivity (Wildman–Crippen MR) is 104 cm³/mol. The minimum Gasteiger partial charge on any atom is -0.332 e. The van der Waals surface area contributed by atoms with Crippen molar-refractivity contribution in [2.75, 3.05) is 18.9 Å². The van der Waals surface area contributed by atoms with Crippen LogP contribution in [0.25, 0.3) is 0 Å². The molecule has 2 amide bonds. The molecule has 8 heteroatoms. The van der Waals surface area contributed by atoms with E-state index >= 15 is 0 Å². The largest absolute Gasteiger partial charge is 0.332 e. The highest BCUT2D eigenvalue weighted by Crippen LogP contribution is 2.20. The van der Waals surface area contributed by atoms with Gasteiger partial charge in [0.15, 0.2) is 0 Å². The lowest BCUT2D eigenvalue weighted by Gasteiger charge is -2.18. The van der Waals surface area contributed by atoms with Crippen LogP contribution in [0.3, 0.4) is 0 Å². The molecule has 2 aromatic carbocycles. The number of likely N-dealkylation sites (N-methyl/N-ethyl adjacent to an activating group) is 1. The van der Waals surface area contributed by atoms with Crippen LogP contribution in [0.4, 0.5) is 5.69 Å². The SMILES string of the molecule is Cc1ccc(C(=O)N(C)CC(=O)Nc2c(C)cccc2C)cc1S(N)(=O)=O. The van der Waals surface area contributed by atoms with E-state index in [1.807, 2.05) is 32.0 Å². The highest BCUT2D eigenvalue weighted by molar-refractivity contribution is 7.89. The van der Waals surface area contributed by atoms with Crippen molar-refractivity contribution in [3.05, 3.63) is 58.7 Å². The van der Waals surface area contributed by atoms with E-state index < -0.39 is 15.9 Å². The monoisotopic (exact) mass is 389 g/mol. The molecule has 0 atom stereocenters. The number of nitrogens with two attached hydrogens (primary N) is 1. The summed E-state index contributed by atoms with van der Waals surface area (Å²) >= 11 is 0. The van der Waals surface area contributed by atoms with Crippen molar-refractivity contribution in [3.63, 3.8) is 0 Å². The average molecular weight is 389 g/mol. The van der Waals surface area contributed by atoms with Crippen LogP contribution in [0.15, 0.2) is 41.3 Å². The van der Waals surface area contributed by atoms with Crippen molar-refractivity contribution in [2.24, 2.45) is 5.14 Å². The number of anilines is 1. The molecule has 0 aromatic heterocycles. The van der Waals surface area contributed by atoms with Gasteiger partial charge in [-0.15, -0.1) is 0 Å². The van der Waals surface area contributed by atoms with Crippen molar-refractivity contribution in [3.8, 4) is 0 Å². The second-order valence-electron chi connectivity index (χ2n) is 6.50. The number of nitrogens with one attached hydrogen (secondary N) is 1. The summed E-state index contributed by atoms with van der Waals surface area (Å²) in [5.74, 6) is -0.821. The van der Waals surface area contributed by atoms with Crippen LogP contribution in [0.2, 0.25) is 0 Å². The highest BCUT2D eigenvalue weighted by Gasteiger charge is 2.19. The van der Waals surface area contributed by atoms with Crippen molar-refractivity contribution < 1.29 is 18.0 Å². The molecule has 0 radical (unpaired) electrons. The number of carbonyl (C=O) groups is 2. The van der Waals surface area contributed by atoms with Gasteiger partial charge in [0.05, 0.1) is 11.4 Å². The third-order valence-electron chi connectivity index (χ3n) is 4.21. The summed E-state index contributed by atoms with van der Waals surface area (Å²) in [5, 5.41) is 7.99. The second-order valence-corrected chi connectivity index (χ2v) is 8.03. The van der Waals surface area contributed by atoms with Crippen LogP contribution in [-0.4, -0.2) is 38.7 Å². The third kappa shape index (κ3) is 4.93. The van der Waals surface area contributed by atoms with Crippen LogP contribution < -0.4 is 10.5 Å². The average Bonchev–Trinajstić information content (AvgIpc) is 2.57. The Hall–Kier alpha value is -2.71. The van der Waals surface area contributed by atoms with Crippen LogP contribution in [0.1, 0.15) is 27.0 Å². The number of nitrogens with zero attached hydrogens (tertiary/aromatic N) is 1. The third-order valence-corrected chi connectivity index (χ3v) is 5.27. The molecule has 0 heterocycles. The van der Waals surface area contributed by atoms with Gasteiger partial charge in [-0.2, -0.15) is 0 Å². The molecule has 7 nitrogen and oxygen atoms in total. The Bertz CT molecular complexity index is 980. The summed E-state index contributed by atoms with van der Waals surface area (Å²) in [4.78, 5) is 26.0. The zero-order valence-electron chi connectivity index (χ0n) is 15.7. The first-order chi connectivity index (χ1) is 12.5. The van der Waals surface area contributed by atoms with Gasteiger partial charge in [-0.3, -0.25) is 9.59 Å². The van der Waals surface area contributed by atoms with Gasteiger partial charge < -0.3 is 10.2 Å². The van der Waals surface area contributed by atoms with Gasteiger partial charge in [-0.05, 0) is 49.6 Å². The Morgan fingerprint density at radius 1 is 1.04 bits per heavy atom. The number of primary sulfonamides is 1. The molecule has 0 unspecified atom stereocenters. The lowest BCUT2D eigenvalue weighted by molar-refractivity contribution is -0.116. The van der Waals surface area contributed by atoms with Gasteiger partial charge in [0, 0.05) is 18.3 Å². The number of benzene rings is 2. The standard InChI is InChI=1S/C19H23N3O4S/c1-12-8-9-15(10-16(12)27(20,25)26)19(24)22(4)11-17(23)21-18-13(2)6-5-7-14(18)3/h5-10H,11H2,1-4H3,(H,21,23)(H2,20,25,26). The maximum Gasteiger partial charge on any atom is 0.254 e. The predicted octanol–water partition coefficient (Wildman–Crippen LogP) is 1.97. The summed E-state index contributed by atoms with van der Waals surface area (Å²) in [7, 11) is -2.46. The Balaban J connectivity index is 2.15. The van der Waals surface area contributed by atoms with Gasteiger partial charge in [0.25, 0.3) is 5.91 Å². The Labute approximate surface area is 159 Å². The quantitative estimate of drug-likeness (QED) is 0.814. The smallest absolute Gasteiger partial charge is 0.254 e. The van der Waals surface area contributed by atoms with Crippen LogP contribution in [-0.2, 0) is 14.8 Å². The van der Waals surface area contributed by atoms with E-state index in [0.29, 0.717) is 5.56 Å². The molecule has 27 heavy (non-hydrogen) atoms. The summed E-state index contributed by atoms with van der Waals surface area (Å²) in [5.41, 5.74) is 3.16. The van der Waals surface area contributed by atoms with Gasteiger partial charge in [-0.1, -0.05) is 24.3 Å². The van der Waals surface area contributed by atoms with E-state index in [9.17, 15) is 18.0 Å². The number of sulfonamides is 1. The summed E-state index contributed by atoms with van der Waals surface area (Å²) in [6.45, 7) is 5.19. The minimum atomic E-state index is -3.94. The first kappa shape index (κ1) is 20.6. The van der Waals surface area contributed by atoms with Gasteiger partial charge in [0.2, 0.25) is 15.9 Å². The maximum absolute atomic E-state index is 12.6. The van der Waals surface area contributed by atoms with Gasteiger partial charge in [-0.25, -0.2) is 13.6 Å². The van der Waals surface area contributed by atoms with Gasteiger partial charge in [0.1, 0.15) is 0 Å². The topological polar surface area (TPSA) is 110 Å². The van der Waals surface area contributed by atoms with E-state index in [4.69, 9.17) is 5.14 Å². The molecule has 0 spiro atoms. The molecule has 0 aliphatic carbocycles. The zero-order chi connectivity index (χ0) is 20.4. The molecule has 0 saturated carbocycles. The Kier molecular flexibility index (Phi) is 6.02. The molecule has 2 rings (SSSR count). The van der Waals surface area contributed by atoms with Crippen LogP contribution in [0.5, 0.6) is 0 Å². The van der Waals surface area contributed by atoms with Crippen LogP contribution in [0, 0.1) is 20.8 Å². The molecule has 2 aromatic rings. The van der Waals surface area contributed by atoms with E-state index in [1.165, 1.54) is 30.1 Å². The highest BCUT2D eigenvalue weighted by atomic mass is 32.2. The number of aryl methyl sites for hydroxylation is 3. The van der Waals surface area contributed by atoms with Gasteiger partial charge >= 0.3 is 0 Å². The van der Waals surface area contributed by atoms with E-state index in [0.717, 1.165) is 16.8 Å². The van der Waals surface area contributed by atoms with E-state index in [2.05, 4.69) is 5.32 Å². The lowest BCUT2D eigenvalue weighted by atomic mass is 10.1. The number of rotatable bonds is 5. The summed E-state index contributed by atoms with van der Waals surface area (Å²) in [6.07, 6.45) is 0. The Morgan fingerprint density at radius 2 is 1.63 bits per heavy atom. The number of amides is 2. The normalized spacial score (nSPS) is 11.1. The number of hydrogen-bond donors (Lipinski definition) is 2. The maximum atomic E-state index is 12.6. The molecular weight excluding hydrogens is 366 g/mol. The molecule has 144 valence electrons. The van der Waals surface area contributed by atoms with Crippen LogP contribution >= 0.6 is 0 Å². The molecule has 0 aliphatic heterocycles. The van der Waals surface area contributed by atoms with Crippen molar-refractivity contribution >= 4 is 27.5 Å². The molecule has 0 saturated heterocycles. The first-order valence-corrected chi connectivity index (χ1v) is 9.80. The number of para-hydroxylation sites is 1. The van der Waals surface area contributed by atoms with Crippen molar-refractivity contribution in [1.29, 1.82) is 0 Å². The minimum absolute atomic E-state index is 0.110. The van der Waals surface area contributed by atoms with Crippen molar-refractivity contribution in [1.82, 2.24) is 4.90 Å². The molecule has 0 bridgehead atoms. The molecule has 3 N–H and O–H groups in total. The zero-order valence-corrected chi connectivity index (χ0v) is 16.6. The van der Waals surface area contributed by atoms with E-state index in [1.54, 1.807) is 6.92 Å². The molecular formula is C19H23N3O4S. The summed E-state index contributed by atoms with van der Waals surface area (Å²) in [6, 6.07) is 9.92. The van der Waals surface area contributed by atoms with Crippen molar-refractivity contribution in [2.45, 2.75) is 25.7 Å². The second kappa shape index (κ2) is 7.89. The van der Waals surface area contributed by atoms with E-state index in [-0.39, 0.29) is 22.9 Å². The molecule has 0 fully saturated rings. The fourth-order valence-electron chi connectivity index (χ4n) is 2.74. The first-order valence-electron chi connectivity index (χ1n) is 8.25. The Morgan fingerprint density at radius 3 is 2.19 bits per heavy atom. The lowest BCUT2D eigenvalue weighted by Crippen LogP contribution is -2.35. The number of hydrogen-bond acceptors (Lipinski definition) is 4. The molecule has 0 aliphatic rings. The number of carbonyl (C=O) groups excluding carboxylic acids is 2.